The zero-order valence-electron chi connectivity index (χ0n) is 12.5. The van der Waals surface area contributed by atoms with Gasteiger partial charge in [-0.3, -0.25) is 4.99 Å². The maximum atomic E-state index is 6.08. The quantitative estimate of drug-likeness (QED) is 0.422. The summed E-state index contributed by atoms with van der Waals surface area (Å²) in [5.74, 6) is 0.619. The van der Waals surface area contributed by atoms with Crippen LogP contribution in [-0.2, 0) is 10.2 Å². The van der Waals surface area contributed by atoms with Gasteiger partial charge in [0.25, 0.3) is 0 Å². The van der Waals surface area contributed by atoms with Crippen LogP contribution in [-0.4, -0.2) is 43.7 Å². The molecule has 1 saturated heterocycles. The van der Waals surface area contributed by atoms with E-state index in [1.807, 2.05) is 6.07 Å². The first-order valence-electron chi connectivity index (χ1n) is 6.88. The summed E-state index contributed by atoms with van der Waals surface area (Å²) in [6, 6.07) is 8.27. The van der Waals surface area contributed by atoms with E-state index in [4.69, 9.17) is 10.5 Å². The van der Waals surface area contributed by atoms with Gasteiger partial charge < -0.3 is 15.4 Å². The standard InChI is InChI=1S/C15H22BrN3O.HI/c1-15(2,12-5-3-4-6-13(12)16)11-18-14(17)19-7-9-20-10-8-19;/h3-6H,7-11H2,1-2H3,(H2,17,18);1H. The van der Waals surface area contributed by atoms with Crippen LogP contribution in [0.3, 0.4) is 0 Å². The number of halogens is 2. The maximum Gasteiger partial charge on any atom is 0.191 e. The van der Waals surface area contributed by atoms with E-state index >= 15 is 0 Å². The first kappa shape index (κ1) is 18.7. The molecule has 0 atom stereocenters. The Morgan fingerprint density at radius 3 is 2.57 bits per heavy atom. The van der Waals surface area contributed by atoms with E-state index in [0.717, 1.165) is 30.8 Å². The van der Waals surface area contributed by atoms with Gasteiger partial charge in [-0.1, -0.05) is 48.0 Å². The molecule has 1 aromatic rings. The van der Waals surface area contributed by atoms with Gasteiger partial charge in [0.05, 0.1) is 19.8 Å². The van der Waals surface area contributed by atoms with Crippen LogP contribution in [0.15, 0.2) is 33.7 Å². The minimum atomic E-state index is -0.0585. The normalized spacial score (nSPS) is 16.5. The van der Waals surface area contributed by atoms with Crippen molar-refractivity contribution in [1.82, 2.24) is 4.90 Å². The van der Waals surface area contributed by atoms with Crippen LogP contribution in [0.1, 0.15) is 19.4 Å². The van der Waals surface area contributed by atoms with E-state index < -0.39 is 0 Å². The highest BCUT2D eigenvalue weighted by atomic mass is 127. The van der Waals surface area contributed by atoms with Crippen LogP contribution < -0.4 is 5.73 Å². The fraction of sp³-hybridized carbons (Fsp3) is 0.533. The summed E-state index contributed by atoms with van der Waals surface area (Å²) in [5, 5.41) is 0. The van der Waals surface area contributed by atoms with Gasteiger partial charge in [-0.2, -0.15) is 0 Å². The fourth-order valence-electron chi connectivity index (χ4n) is 2.27. The first-order valence-corrected chi connectivity index (χ1v) is 7.67. The second-order valence-electron chi connectivity index (χ2n) is 5.64. The molecule has 0 radical (unpaired) electrons. The molecule has 0 saturated carbocycles. The van der Waals surface area contributed by atoms with Crippen molar-refractivity contribution >= 4 is 45.9 Å². The van der Waals surface area contributed by atoms with Crippen molar-refractivity contribution in [3.8, 4) is 0 Å². The number of hydrogen-bond acceptors (Lipinski definition) is 2. The predicted octanol–water partition coefficient (Wildman–Crippen LogP) is 2.99. The smallest absolute Gasteiger partial charge is 0.191 e. The van der Waals surface area contributed by atoms with Crippen molar-refractivity contribution in [1.29, 1.82) is 0 Å². The van der Waals surface area contributed by atoms with Crippen molar-refractivity contribution in [3.05, 3.63) is 34.3 Å². The van der Waals surface area contributed by atoms with Crippen molar-refractivity contribution in [2.75, 3.05) is 32.8 Å². The molecule has 2 rings (SSSR count). The second kappa shape index (κ2) is 8.33. The van der Waals surface area contributed by atoms with Gasteiger partial charge in [-0.25, -0.2) is 0 Å². The lowest BCUT2D eigenvalue weighted by Crippen LogP contribution is -2.45. The predicted molar refractivity (Wildman–Crippen MR) is 101 cm³/mol. The number of morpholine rings is 1. The summed E-state index contributed by atoms with van der Waals surface area (Å²) in [6.07, 6.45) is 0. The number of aliphatic imine (C=N–C) groups is 1. The van der Waals surface area contributed by atoms with Gasteiger partial charge in [0.15, 0.2) is 5.96 Å². The van der Waals surface area contributed by atoms with Crippen LogP contribution in [0, 0.1) is 0 Å². The number of nitrogens with two attached hydrogens (primary N) is 1. The Kier molecular flexibility index (Phi) is 7.42. The van der Waals surface area contributed by atoms with Crippen molar-refractivity contribution < 1.29 is 4.74 Å². The molecule has 21 heavy (non-hydrogen) atoms. The van der Waals surface area contributed by atoms with Gasteiger partial charge >= 0.3 is 0 Å². The Morgan fingerprint density at radius 2 is 1.95 bits per heavy atom. The third-order valence-corrected chi connectivity index (χ3v) is 4.27. The first-order chi connectivity index (χ1) is 9.50. The van der Waals surface area contributed by atoms with Crippen LogP contribution in [0.5, 0.6) is 0 Å². The molecular weight excluding hydrogens is 445 g/mol. The molecule has 0 bridgehead atoms. The largest absolute Gasteiger partial charge is 0.378 e. The van der Waals surface area contributed by atoms with E-state index in [9.17, 15) is 0 Å². The SMILES string of the molecule is CC(C)(CN=C(N)N1CCOCC1)c1ccccc1Br.I. The highest BCUT2D eigenvalue weighted by Crippen LogP contribution is 2.30. The zero-order chi connectivity index (χ0) is 14.6. The van der Waals surface area contributed by atoms with Gasteiger partial charge in [0.1, 0.15) is 0 Å². The molecule has 1 fully saturated rings. The number of benzene rings is 1. The molecule has 2 N–H and O–H groups in total. The van der Waals surface area contributed by atoms with Crippen LogP contribution in [0.2, 0.25) is 0 Å². The number of rotatable bonds is 3. The Labute approximate surface area is 152 Å². The molecule has 4 nitrogen and oxygen atoms in total. The Balaban J connectivity index is 0.00000220. The van der Waals surface area contributed by atoms with Gasteiger partial charge in [-0.15, -0.1) is 24.0 Å². The molecule has 1 aliphatic rings. The van der Waals surface area contributed by atoms with E-state index in [2.05, 4.69) is 57.9 Å². The molecule has 118 valence electrons. The average molecular weight is 468 g/mol. The lowest BCUT2D eigenvalue weighted by Gasteiger charge is -2.29. The summed E-state index contributed by atoms with van der Waals surface area (Å²) in [5.41, 5.74) is 7.27. The van der Waals surface area contributed by atoms with Crippen LogP contribution in [0.25, 0.3) is 0 Å². The Hall–Kier alpha value is -0.340. The van der Waals surface area contributed by atoms with E-state index in [1.165, 1.54) is 5.56 Å². The molecule has 0 spiro atoms. The summed E-state index contributed by atoms with van der Waals surface area (Å²) in [7, 11) is 0. The lowest BCUT2D eigenvalue weighted by molar-refractivity contribution is 0.0674. The Morgan fingerprint density at radius 1 is 1.33 bits per heavy atom. The monoisotopic (exact) mass is 467 g/mol. The Bertz CT molecular complexity index is 488. The van der Waals surface area contributed by atoms with Gasteiger partial charge in [-0.05, 0) is 11.6 Å². The highest BCUT2D eigenvalue weighted by molar-refractivity contribution is 14.0. The average Bonchev–Trinajstić information content (AvgIpc) is 2.46. The number of nitrogens with zero attached hydrogens (tertiary/aromatic N) is 2. The molecule has 1 aliphatic heterocycles. The molecule has 1 aromatic carbocycles. The van der Waals surface area contributed by atoms with Crippen LogP contribution >= 0.6 is 39.9 Å². The molecular formula is C15H23BrIN3O. The topological polar surface area (TPSA) is 50.8 Å². The molecule has 1 heterocycles. The van der Waals surface area contributed by atoms with Crippen LogP contribution in [0.4, 0.5) is 0 Å². The van der Waals surface area contributed by atoms with Crippen molar-refractivity contribution in [2.24, 2.45) is 10.7 Å². The number of ether oxygens (including phenoxy) is 1. The lowest BCUT2D eigenvalue weighted by atomic mass is 9.85. The second-order valence-corrected chi connectivity index (χ2v) is 6.49. The number of guanidine groups is 1. The third kappa shape index (κ3) is 5.10. The number of hydrogen-bond donors (Lipinski definition) is 1. The van der Waals surface area contributed by atoms with Crippen molar-refractivity contribution in [3.63, 3.8) is 0 Å². The van der Waals surface area contributed by atoms with Gasteiger partial charge in [0.2, 0.25) is 0 Å². The summed E-state index contributed by atoms with van der Waals surface area (Å²) >= 11 is 3.61. The van der Waals surface area contributed by atoms with Gasteiger partial charge in [0, 0.05) is 23.0 Å². The zero-order valence-corrected chi connectivity index (χ0v) is 16.4. The molecule has 0 amide bonds. The highest BCUT2D eigenvalue weighted by Gasteiger charge is 2.23. The molecule has 6 heteroatoms. The molecule has 0 unspecified atom stereocenters. The summed E-state index contributed by atoms with van der Waals surface area (Å²) in [4.78, 5) is 6.66. The summed E-state index contributed by atoms with van der Waals surface area (Å²) in [6.45, 7) is 8.13. The third-order valence-electron chi connectivity index (χ3n) is 3.57. The van der Waals surface area contributed by atoms with E-state index in [-0.39, 0.29) is 29.4 Å². The minimum Gasteiger partial charge on any atom is -0.378 e. The van der Waals surface area contributed by atoms with Crippen molar-refractivity contribution in [2.45, 2.75) is 19.3 Å². The maximum absolute atomic E-state index is 6.08. The molecule has 0 aliphatic carbocycles. The summed E-state index contributed by atoms with van der Waals surface area (Å²) < 4.78 is 6.44. The molecule has 0 aromatic heterocycles. The minimum absolute atomic E-state index is 0. The van der Waals surface area contributed by atoms with E-state index in [0.29, 0.717) is 12.5 Å². The van der Waals surface area contributed by atoms with E-state index in [1.54, 1.807) is 0 Å². The fourth-order valence-corrected chi connectivity index (χ4v) is 3.09.